The second kappa shape index (κ2) is 14.0. The van der Waals surface area contributed by atoms with Crippen LogP contribution in [0.25, 0.3) is 22.3 Å². The number of fused-ring (bicyclic) bond motifs is 1. The molecule has 1 aliphatic carbocycles. The number of nitrogens with zero attached hydrogens (tertiary/aromatic N) is 9. The summed E-state index contributed by atoms with van der Waals surface area (Å²) in [5, 5.41) is 16.0. The zero-order valence-corrected chi connectivity index (χ0v) is 29.9. The van der Waals surface area contributed by atoms with Crippen molar-refractivity contribution in [3.8, 4) is 23.2 Å². The lowest BCUT2D eigenvalue weighted by Crippen LogP contribution is -2.58. The minimum absolute atomic E-state index is 0.110. The number of hydrogen-bond acceptors (Lipinski definition) is 9. The molecule has 2 fully saturated rings. The zero-order valence-electron chi connectivity index (χ0n) is 28.2. The summed E-state index contributed by atoms with van der Waals surface area (Å²) in [5.74, 6) is 0.599. The molecule has 0 atom stereocenters. The van der Waals surface area contributed by atoms with E-state index in [0.717, 1.165) is 85.8 Å². The standard InChI is InChI=1S/C34H46ClN9O2Si/c1-41(2)21-25-16-30(35)40-31(17-25)46-28-6-11-42(12-7-28)27-18-34(19-27,9-10-36)44-22-26(20-39-44)32-29-8-13-43(33(29)38-23-37-32)24-45-14-15-47(3,4)5/h8,13,16-17,20,22-23,27-28H,6-7,9,11-12,14-15,18-19,21,24H2,1-5H3/t27-,34+. The molecule has 13 heteroatoms. The van der Waals surface area contributed by atoms with E-state index in [0.29, 0.717) is 30.2 Å². The number of rotatable bonds is 13. The SMILES string of the molecule is CN(C)Cc1cc(Cl)nc(OC2CCN([C@H]3C[C@@](CC#N)(n4cc(-c5ncnc6c5ccn6COCC[Si](C)(C)C)cn4)C3)CC2)c1. The van der Waals surface area contributed by atoms with Gasteiger partial charge in [0.25, 0.3) is 0 Å². The molecular formula is C34H46ClN9O2Si. The fraction of sp³-hybridized carbons (Fsp3) is 0.559. The van der Waals surface area contributed by atoms with Crippen LogP contribution in [0.15, 0.2) is 43.1 Å². The minimum atomic E-state index is -1.15. The number of likely N-dealkylation sites (tertiary alicyclic amines) is 1. The molecule has 0 unspecified atom stereocenters. The number of aromatic nitrogens is 6. The molecule has 250 valence electrons. The Hall–Kier alpha value is -3.34. The number of pyridine rings is 1. The molecular weight excluding hydrogens is 630 g/mol. The first-order valence-corrected chi connectivity index (χ1v) is 20.6. The van der Waals surface area contributed by atoms with Crippen LogP contribution >= 0.6 is 11.6 Å². The van der Waals surface area contributed by atoms with Gasteiger partial charge in [0.2, 0.25) is 5.88 Å². The van der Waals surface area contributed by atoms with Crippen molar-refractivity contribution in [2.75, 3.05) is 33.8 Å². The van der Waals surface area contributed by atoms with Gasteiger partial charge in [0.1, 0.15) is 30.0 Å². The van der Waals surface area contributed by atoms with Crippen LogP contribution in [-0.2, 0) is 23.6 Å². The van der Waals surface area contributed by atoms with Crippen LogP contribution in [0.5, 0.6) is 5.88 Å². The highest BCUT2D eigenvalue weighted by molar-refractivity contribution is 6.76. The van der Waals surface area contributed by atoms with Gasteiger partial charge in [0.15, 0.2) is 0 Å². The highest BCUT2D eigenvalue weighted by Crippen LogP contribution is 2.45. The van der Waals surface area contributed by atoms with Crippen LogP contribution < -0.4 is 4.74 Å². The molecule has 4 aromatic rings. The molecule has 2 aliphatic rings. The van der Waals surface area contributed by atoms with Crippen molar-refractivity contribution in [3.63, 3.8) is 0 Å². The number of nitriles is 1. The van der Waals surface area contributed by atoms with E-state index >= 15 is 0 Å². The third-order valence-corrected chi connectivity index (χ3v) is 11.3. The predicted octanol–water partition coefficient (Wildman–Crippen LogP) is 6.03. The van der Waals surface area contributed by atoms with Crippen molar-refractivity contribution in [1.29, 1.82) is 5.26 Å². The van der Waals surface area contributed by atoms with Gasteiger partial charge in [-0.3, -0.25) is 9.58 Å². The number of halogens is 1. The lowest BCUT2D eigenvalue weighted by Gasteiger charge is -2.52. The first kappa shape index (κ1) is 33.6. The minimum Gasteiger partial charge on any atom is -0.474 e. The van der Waals surface area contributed by atoms with Crippen LogP contribution in [0, 0.1) is 11.3 Å². The van der Waals surface area contributed by atoms with Gasteiger partial charge < -0.3 is 18.9 Å². The van der Waals surface area contributed by atoms with E-state index in [2.05, 4.69) is 56.7 Å². The van der Waals surface area contributed by atoms with E-state index in [1.807, 2.05) is 53.9 Å². The molecule has 0 amide bonds. The summed E-state index contributed by atoms with van der Waals surface area (Å²) in [4.78, 5) is 18.3. The van der Waals surface area contributed by atoms with Crippen LogP contribution in [0.4, 0.5) is 0 Å². The van der Waals surface area contributed by atoms with E-state index in [1.54, 1.807) is 6.33 Å². The maximum atomic E-state index is 9.82. The number of ether oxygens (including phenoxy) is 2. The summed E-state index contributed by atoms with van der Waals surface area (Å²) in [6.07, 6.45) is 11.7. The van der Waals surface area contributed by atoms with E-state index in [9.17, 15) is 5.26 Å². The van der Waals surface area contributed by atoms with Crippen LogP contribution in [0.2, 0.25) is 30.8 Å². The van der Waals surface area contributed by atoms with Crippen LogP contribution in [0.3, 0.4) is 0 Å². The Kier molecular flexibility index (Phi) is 10.0. The monoisotopic (exact) mass is 675 g/mol. The predicted molar refractivity (Wildman–Crippen MR) is 186 cm³/mol. The van der Waals surface area contributed by atoms with E-state index < -0.39 is 8.07 Å². The normalized spacial score (nSPS) is 20.9. The first-order valence-electron chi connectivity index (χ1n) is 16.5. The zero-order chi connectivity index (χ0) is 33.2. The summed E-state index contributed by atoms with van der Waals surface area (Å²) < 4.78 is 16.3. The Balaban J connectivity index is 1.07. The number of piperidine rings is 1. The van der Waals surface area contributed by atoms with Crippen molar-refractivity contribution >= 4 is 30.7 Å². The molecule has 1 saturated carbocycles. The quantitative estimate of drug-likeness (QED) is 0.0953. The van der Waals surface area contributed by atoms with Gasteiger partial charge in [-0.2, -0.15) is 10.4 Å². The summed E-state index contributed by atoms with van der Waals surface area (Å²) in [7, 11) is 2.92. The van der Waals surface area contributed by atoms with Crippen molar-refractivity contribution in [3.05, 3.63) is 53.8 Å². The Bertz CT molecular complexity index is 1710. The fourth-order valence-corrected chi connectivity index (χ4v) is 7.77. The highest BCUT2D eigenvalue weighted by atomic mass is 35.5. The summed E-state index contributed by atoms with van der Waals surface area (Å²) >= 11 is 6.28. The maximum absolute atomic E-state index is 9.82. The van der Waals surface area contributed by atoms with Gasteiger partial charge in [0.05, 0.1) is 29.9 Å². The van der Waals surface area contributed by atoms with Gasteiger partial charge in [-0.1, -0.05) is 31.2 Å². The Morgan fingerprint density at radius 1 is 1.15 bits per heavy atom. The molecule has 47 heavy (non-hydrogen) atoms. The molecule has 0 aromatic carbocycles. The highest BCUT2D eigenvalue weighted by Gasteiger charge is 2.49. The van der Waals surface area contributed by atoms with Crippen molar-refractivity contribution < 1.29 is 9.47 Å². The van der Waals surface area contributed by atoms with Gasteiger partial charge in [-0.25, -0.2) is 15.0 Å². The Morgan fingerprint density at radius 2 is 1.94 bits per heavy atom. The van der Waals surface area contributed by atoms with Gasteiger partial charge >= 0.3 is 0 Å². The Labute approximate surface area is 283 Å². The average Bonchev–Trinajstić information content (AvgIpc) is 3.64. The molecule has 0 N–H and O–H groups in total. The second-order valence-corrected chi connectivity index (χ2v) is 20.6. The van der Waals surface area contributed by atoms with E-state index in [-0.39, 0.29) is 11.6 Å². The maximum Gasteiger partial charge on any atom is 0.215 e. The largest absolute Gasteiger partial charge is 0.474 e. The molecule has 0 radical (unpaired) electrons. The second-order valence-electron chi connectivity index (χ2n) is 14.6. The average molecular weight is 676 g/mol. The molecule has 1 saturated heterocycles. The summed E-state index contributed by atoms with van der Waals surface area (Å²) in [6, 6.07) is 9.91. The third-order valence-electron chi connectivity index (χ3n) is 9.37. The molecule has 0 bridgehead atoms. The fourth-order valence-electron chi connectivity index (χ4n) is 6.79. The smallest absolute Gasteiger partial charge is 0.215 e. The first-order chi connectivity index (χ1) is 22.5. The van der Waals surface area contributed by atoms with Crippen molar-refractivity contribution in [2.45, 2.75) is 88.7 Å². The summed E-state index contributed by atoms with van der Waals surface area (Å²) in [6.45, 7) is 11.0. The lowest BCUT2D eigenvalue weighted by molar-refractivity contribution is -0.0212. The van der Waals surface area contributed by atoms with Gasteiger partial charge in [-0.15, -0.1) is 0 Å². The molecule has 0 spiro atoms. The van der Waals surface area contributed by atoms with E-state index in [1.165, 1.54) is 0 Å². The third kappa shape index (κ3) is 7.87. The number of hydrogen-bond donors (Lipinski definition) is 0. The molecule has 11 nitrogen and oxygen atoms in total. The topological polar surface area (TPSA) is 110 Å². The van der Waals surface area contributed by atoms with Crippen molar-refractivity contribution in [1.82, 2.24) is 39.1 Å². The molecule has 1 aliphatic heterocycles. The lowest BCUT2D eigenvalue weighted by atomic mass is 9.69. The van der Waals surface area contributed by atoms with E-state index in [4.69, 9.17) is 26.2 Å². The molecule has 4 aromatic heterocycles. The van der Waals surface area contributed by atoms with Gasteiger partial charge in [0, 0.05) is 69.8 Å². The van der Waals surface area contributed by atoms with Crippen molar-refractivity contribution in [2.24, 2.45) is 0 Å². The van der Waals surface area contributed by atoms with Crippen LogP contribution in [0.1, 0.15) is 37.7 Å². The van der Waals surface area contributed by atoms with Crippen LogP contribution in [-0.4, -0.2) is 93.1 Å². The summed E-state index contributed by atoms with van der Waals surface area (Å²) in [5.41, 5.74) is 3.39. The Morgan fingerprint density at radius 3 is 2.66 bits per heavy atom. The molecule has 6 rings (SSSR count). The van der Waals surface area contributed by atoms with Gasteiger partial charge in [-0.05, 0) is 63.5 Å². The molecule has 5 heterocycles.